The number of benzene rings is 2. The zero-order chi connectivity index (χ0) is 24.4. The molecule has 2 heterocycles. The van der Waals surface area contributed by atoms with Gasteiger partial charge in [-0.1, -0.05) is 6.07 Å². The summed E-state index contributed by atoms with van der Waals surface area (Å²) >= 11 is 0. The van der Waals surface area contributed by atoms with Gasteiger partial charge in [0, 0.05) is 17.3 Å². The van der Waals surface area contributed by atoms with Crippen molar-refractivity contribution in [2.45, 2.75) is 19.1 Å². The zero-order valence-electron chi connectivity index (χ0n) is 18.4. The van der Waals surface area contributed by atoms with Crippen molar-refractivity contribution in [3.63, 3.8) is 0 Å². The summed E-state index contributed by atoms with van der Waals surface area (Å²) in [7, 11) is 1.53. The topological polar surface area (TPSA) is 163 Å². The van der Waals surface area contributed by atoms with Crippen LogP contribution in [-0.4, -0.2) is 56.2 Å². The van der Waals surface area contributed by atoms with E-state index in [1.54, 1.807) is 42.6 Å². The summed E-state index contributed by atoms with van der Waals surface area (Å²) in [6.45, 7) is 1.36. The number of aliphatic hydroxyl groups excluding tert-OH is 1. The van der Waals surface area contributed by atoms with Gasteiger partial charge in [-0.05, 0) is 55.0 Å². The highest BCUT2D eigenvalue weighted by molar-refractivity contribution is 6.00. The molecule has 0 aliphatic rings. The SMILES string of the molecule is COc1ncccc1-c1ccc(O)c(-c2nc3cc(C(=O)N[C@H](C(N)=O)[C@@H](C)O)ccc3[nH]2)c1. The number of rotatable bonds is 7. The highest BCUT2D eigenvalue weighted by Crippen LogP contribution is 2.35. The van der Waals surface area contributed by atoms with Crippen molar-refractivity contribution in [1.82, 2.24) is 20.3 Å². The van der Waals surface area contributed by atoms with Crippen LogP contribution in [0.1, 0.15) is 17.3 Å². The van der Waals surface area contributed by atoms with Gasteiger partial charge in [0.1, 0.15) is 17.6 Å². The molecule has 2 amide bonds. The van der Waals surface area contributed by atoms with Gasteiger partial charge in [-0.25, -0.2) is 9.97 Å². The first-order chi connectivity index (χ1) is 16.3. The van der Waals surface area contributed by atoms with Crippen LogP contribution in [0.5, 0.6) is 11.6 Å². The lowest BCUT2D eigenvalue weighted by Gasteiger charge is -2.17. The molecule has 0 unspecified atom stereocenters. The van der Waals surface area contributed by atoms with E-state index in [0.717, 1.165) is 11.1 Å². The molecule has 0 bridgehead atoms. The van der Waals surface area contributed by atoms with E-state index in [0.29, 0.717) is 28.3 Å². The van der Waals surface area contributed by atoms with Gasteiger partial charge < -0.3 is 31.0 Å². The fraction of sp³-hybridized carbons (Fsp3) is 0.167. The molecule has 10 heteroatoms. The van der Waals surface area contributed by atoms with E-state index in [1.807, 2.05) is 6.07 Å². The number of methoxy groups -OCH3 is 1. The first-order valence-corrected chi connectivity index (χ1v) is 10.4. The van der Waals surface area contributed by atoms with E-state index in [-0.39, 0.29) is 11.3 Å². The summed E-state index contributed by atoms with van der Waals surface area (Å²) in [4.78, 5) is 35.9. The zero-order valence-corrected chi connectivity index (χ0v) is 18.4. The number of imidazole rings is 1. The Balaban J connectivity index is 1.69. The smallest absolute Gasteiger partial charge is 0.252 e. The van der Waals surface area contributed by atoms with E-state index in [1.165, 1.54) is 20.1 Å². The van der Waals surface area contributed by atoms with Crippen LogP contribution in [0.25, 0.3) is 33.5 Å². The third kappa shape index (κ3) is 4.39. The molecule has 0 saturated carbocycles. The number of fused-ring (bicyclic) bond motifs is 1. The number of amides is 2. The van der Waals surface area contributed by atoms with Crippen LogP contribution in [0.4, 0.5) is 0 Å². The molecule has 0 aliphatic heterocycles. The van der Waals surface area contributed by atoms with Crippen molar-refractivity contribution in [3.8, 4) is 34.1 Å². The number of hydrogen-bond donors (Lipinski definition) is 5. The highest BCUT2D eigenvalue weighted by Gasteiger charge is 2.24. The molecule has 0 saturated heterocycles. The molecule has 2 aromatic heterocycles. The summed E-state index contributed by atoms with van der Waals surface area (Å²) in [6, 6.07) is 12.3. The third-order valence-electron chi connectivity index (χ3n) is 5.35. The Hall–Kier alpha value is -4.44. The Bertz CT molecular complexity index is 1380. The van der Waals surface area contributed by atoms with E-state index in [9.17, 15) is 19.8 Å². The highest BCUT2D eigenvalue weighted by atomic mass is 16.5. The Morgan fingerprint density at radius 3 is 2.65 bits per heavy atom. The van der Waals surface area contributed by atoms with Crippen LogP contribution in [0, 0.1) is 0 Å². The lowest BCUT2D eigenvalue weighted by atomic mass is 10.0. The Morgan fingerprint density at radius 1 is 1.15 bits per heavy atom. The maximum Gasteiger partial charge on any atom is 0.252 e. The molecular weight excluding hydrogens is 438 g/mol. The second-order valence-electron chi connectivity index (χ2n) is 7.70. The fourth-order valence-electron chi connectivity index (χ4n) is 3.60. The first-order valence-electron chi connectivity index (χ1n) is 10.4. The summed E-state index contributed by atoms with van der Waals surface area (Å²) < 4.78 is 5.34. The Labute approximate surface area is 194 Å². The maximum atomic E-state index is 12.6. The fourth-order valence-corrected chi connectivity index (χ4v) is 3.60. The Morgan fingerprint density at radius 2 is 1.94 bits per heavy atom. The molecule has 2 atom stereocenters. The molecule has 2 aromatic carbocycles. The van der Waals surface area contributed by atoms with E-state index >= 15 is 0 Å². The maximum absolute atomic E-state index is 12.6. The number of phenolic OH excluding ortho intramolecular Hbond substituents is 1. The van der Waals surface area contributed by atoms with Gasteiger partial charge in [0.2, 0.25) is 11.8 Å². The van der Waals surface area contributed by atoms with Gasteiger partial charge in [0.15, 0.2) is 0 Å². The molecule has 34 heavy (non-hydrogen) atoms. The lowest BCUT2D eigenvalue weighted by Crippen LogP contribution is -2.50. The number of ether oxygens (including phenoxy) is 1. The number of phenols is 1. The number of carbonyl (C=O) groups excluding carboxylic acids is 2. The molecule has 10 nitrogen and oxygen atoms in total. The van der Waals surface area contributed by atoms with Crippen molar-refractivity contribution >= 4 is 22.8 Å². The van der Waals surface area contributed by atoms with Crippen LogP contribution in [-0.2, 0) is 4.79 Å². The van der Waals surface area contributed by atoms with Gasteiger partial charge in [0.25, 0.3) is 5.91 Å². The molecule has 0 fully saturated rings. The van der Waals surface area contributed by atoms with Gasteiger partial charge in [-0.2, -0.15) is 0 Å². The summed E-state index contributed by atoms with van der Waals surface area (Å²) in [5.74, 6) is -0.554. The van der Waals surface area contributed by atoms with E-state index in [4.69, 9.17) is 10.5 Å². The van der Waals surface area contributed by atoms with Crippen molar-refractivity contribution in [1.29, 1.82) is 0 Å². The third-order valence-corrected chi connectivity index (χ3v) is 5.35. The molecule has 4 aromatic rings. The van der Waals surface area contributed by atoms with Gasteiger partial charge in [0.05, 0.1) is 29.8 Å². The quantitative estimate of drug-likeness (QED) is 0.281. The molecule has 174 valence electrons. The molecule has 0 aliphatic carbocycles. The monoisotopic (exact) mass is 461 g/mol. The molecule has 0 radical (unpaired) electrons. The van der Waals surface area contributed by atoms with Crippen LogP contribution >= 0.6 is 0 Å². The van der Waals surface area contributed by atoms with E-state index < -0.39 is 24.0 Å². The number of aromatic hydroxyl groups is 1. The number of carbonyl (C=O) groups is 2. The van der Waals surface area contributed by atoms with Crippen molar-refractivity contribution < 1.29 is 24.5 Å². The number of pyridine rings is 1. The second-order valence-corrected chi connectivity index (χ2v) is 7.70. The number of nitrogens with one attached hydrogen (secondary N) is 2. The number of H-pyrrole nitrogens is 1. The minimum Gasteiger partial charge on any atom is -0.507 e. The number of aromatic nitrogens is 3. The minimum absolute atomic E-state index is 0.0184. The number of aliphatic hydroxyl groups is 1. The normalized spacial score (nSPS) is 12.8. The number of nitrogens with zero attached hydrogens (tertiary/aromatic N) is 2. The average molecular weight is 461 g/mol. The summed E-state index contributed by atoms with van der Waals surface area (Å²) in [5, 5.41) is 22.6. The minimum atomic E-state index is -1.22. The van der Waals surface area contributed by atoms with Crippen LogP contribution in [0.15, 0.2) is 54.7 Å². The average Bonchev–Trinajstić information content (AvgIpc) is 3.25. The largest absolute Gasteiger partial charge is 0.507 e. The van der Waals surface area contributed by atoms with Gasteiger partial charge in [-0.3, -0.25) is 9.59 Å². The standard InChI is InChI=1S/C24H23N5O5/c1-12(30)20(21(25)32)29-23(33)14-5-7-17-18(11-14)28-22(27-17)16-10-13(6-8-19(16)31)15-4-3-9-26-24(15)34-2/h3-12,20,30-31H,1-2H3,(H2,25,32)(H,27,28)(H,29,33)/t12-,20+/m1/s1. The van der Waals surface area contributed by atoms with E-state index in [2.05, 4.69) is 20.3 Å². The van der Waals surface area contributed by atoms with Crippen LogP contribution < -0.4 is 15.8 Å². The molecule has 6 N–H and O–H groups in total. The first kappa shape index (κ1) is 22.7. The second kappa shape index (κ2) is 9.20. The predicted molar refractivity (Wildman–Crippen MR) is 125 cm³/mol. The van der Waals surface area contributed by atoms with Crippen LogP contribution in [0.3, 0.4) is 0 Å². The lowest BCUT2D eigenvalue weighted by molar-refractivity contribution is -0.122. The number of primary amides is 1. The molecule has 0 spiro atoms. The van der Waals surface area contributed by atoms with Crippen molar-refractivity contribution in [2.24, 2.45) is 5.73 Å². The number of hydrogen-bond acceptors (Lipinski definition) is 7. The Kier molecular flexibility index (Phi) is 6.15. The van der Waals surface area contributed by atoms with Gasteiger partial charge in [-0.15, -0.1) is 0 Å². The molecule has 4 rings (SSSR count). The van der Waals surface area contributed by atoms with Crippen molar-refractivity contribution in [2.75, 3.05) is 7.11 Å². The van der Waals surface area contributed by atoms with Crippen molar-refractivity contribution in [3.05, 3.63) is 60.3 Å². The number of nitrogens with two attached hydrogens (primary N) is 1. The van der Waals surface area contributed by atoms with Crippen LogP contribution in [0.2, 0.25) is 0 Å². The predicted octanol–water partition coefficient (Wildman–Crippen LogP) is 1.97. The van der Waals surface area contributed by atoms with Gasteiger partial charge >= 0.3 is 0 Å². The molecular formula is C24H23N5O5. The summed E-state index contributed by atoms with van der Waals surface area (Å²) in [5.41, 5.74) is 8.56. The summed E-state index contributed by atoms with van der Waals surface area (Å²) in [6.07, 6.45) is 0.486. The number of aromatic amines is 1.